The van der Waals surface area contributed by atoms with E-state index in [0.29, 0.717) is 0 Å². The highest BCUT2D eigenvalue weighted by Crippen LogP contribution is 2.21. The van der Waals surface area contributed by atoms with Gasteiger partial charge in [0.1, 0.15) is 0 Å². The normalized spacial score (nSPS) is 13.7. The van der Waals surface area contributed by atoms with Gasteiger partial charge < -0.3 is 14.6 Å². The molecule has 1 aromatic heterocycles. The van der Waals surface area contributed by atoms with E-state index < -0.39 is 28.9 Å². The molecule has 6 nitrogen and oxygen atoms in total. The van der Waals surface area contributed by atoms with Crippen molar-refractivity contribution >= 4 is 29.5 Å². The van der Waals surface area contributed by atoms with Crippen LogP contribution in [0, 0.1) is 5.92 Å². The maximum absolute atomic E-state index is 12.0. The second-order valence-electron chi connectivity index (χ2n) is 3.95. The lowest BCUT2D eigenvalue weighted by molar-refractivity contribution is -0.138. The summed E-state index contributed by atoms with van der Waals surface area (Å²) < 4.78 is 4.94. The van der Waals surface area contributed by atoms with Gasteiger partial charge in [0, 0.05) is 11.7 Å². The SMILES string of the molecule is CC(SCC(CC(=O)O)C(=O)c1ccco1)C(=O)O. The van der Waals surface area contributed by atoms with Crippen molar-refractivity contribution in [3.63, 3.8) is 0 Å². The number of aliphatic carboxylic acids is 2. The number of carboxylic acid groups (broad SMARTS) is 2. The molecule has 0 amide bonds. The molecule has 2 N–H and O–H groups in total. The third kappa shape index (κ3) is 4.78. The molecule has 0 aromatic carbocycles. The van der Waals surface area contributed by atoms with E-state index in [1.807, 2.05) is 0 Å². The quantitative estimate of drug-likeness (QED) is 0.701. The summed E-state index contributed by atoms with van der Waals surface area (Å²) in [5, 5.41) is 16.9. The molecule has 0 spiro atoms. The number of ketones is 1. The molecule has 1 aromatic rings. The molecule has 0 saturated heterocycles. The molecule has 19 heavy (non-hydrogen) atoms. The molecule has 1 rings (SSSR count). The monoisotopic (exact) mass is 286 g/mol. The average molecular weight is 286 g/mol. The molecule has 2 unspecified atom stereocenters. The number of hydrogen-bond acceptors (Lipinski definition) is 5. The Kier molecular flexibility index (Phi) is 5.62. The van der Waals surface area contributed by atoms with Crippen LogP contribution in [0.15, 0.2) is 22.8 Å². The first-order valence-electron chi connectivity index (χ1n) is 5.55. The van der Waals surface area contributed by atoms with E-state index in [0.717, 1.165) is 11.8 Å². The van der Waals surface area contributed by atoms with Crippen LogP contribution in [0.2, 0.25) is 0 Å². The second kappa shape index (κ2) is 6.98. The molecule has 0 aliphatic rings. The topological polar surface area (TPSA) is 105 Å². The number of furan rings is 1. The molecule has 7 heteroatoms. The van der Waals surface area contributed by atoms with Crippen LogP contribution in [-0.4, -0.2) is 38.9 Å². The van der Waals surface area contributed by atoms with Crippen molar-refractivity contribution < 1.29 is 29.0 Å². The smallest absolute Gasteiger partial charge is 0.316 e. The van der Waals surface area contributed by atoms with Crippen molar-refractivity contribution in [1.29, 1.82) is 0 Å². The molecular weight excluding hydrogens is 272 g/mol. The Morgan fingerprint density at radius 1 is 1.37 bits per heavy atom. The Hall–Kier alpha value is -1.76. The minimum absolute atomic E-state index is 0.0924. The van der Waals surface area contributed by atoms with Crippen molar-refractivity contribution in [3.05, 3.63) is 24.2 Å². The van der Waals surface area contributed by atoms with Gasteiger partial charge in [0.15, 0.2) is 5.76 Å². The number of thioether (sulfide) groups is 1. The van der Waals surface area contributed by atoms with Gasteiger partial charge in [-0.1, -0.05) is 0 Å². The van der Waals surface area contributed by atoms with Crippen LogP contribution in [0.1, 0.15) is 23.9 Å². The number of hydrogen-bond donors (Lipinski definition) is 2. The molecule has 0 radical (unpaired) electrons. The molecule has 0 fully saturated rings. The summed E-state index contributed by atoms with van der Waals surface area (Å²) in [6, 6.07) is 3.00. The van der Waals surface area contributed by atoms with Gasteiger partial charge in [0.05, 0.1) is 17.9 Å². The van der Waals surface area contributed by atoms with E-state index >= 15 is 0 Å². The molecule has 1 heterocycles. The second-order valence-corrected chi connectivity index (χ2v) is 5.32. The van der Waals surface area contributed by atoms with Gasteiger partial charge in [-0.25, -0.2) is 0 Å². The van der Waals surface area contributed by atoms with Gasteiger partial charge in [-0.15, -0.1) is 11.8 Å². The van der Waals surface area contributed by atoms with Crippen molar-refractivity contribution in [2.75, 3.05) is 5.75 Å². The van der Waals surface area contributed by atoms with Crippen LogP contribution in [-0.2, 0) is 9.59 Å². The molecular formula is C12H14O6S. The maximum atomic E-state index is 12.0. The van der Waals surface area contributed by atoms with Crippen molar-refractivity contribution in [3.8, 4) is 0 Å². The zero-order valence-electron chi connectivity index (χ0n) is 10.2. The van der Waals surface area contributed by atoms with Gasteiger partial charge in [0.2, 0.25) is 5.78 Å². The summed E-state index contributed by atoms with van der Waals surface area (Å²) in [5.41, 5.74) is 0. The summed E-state index contributed by atoms with van der Waals surface area (Å²) in [6.07, 6.45) is 0.983. The summed E-state index contributed by atoms with van der Waals surface area (Å²) in [7, 11) is 0. The Morgan fingerprint density at radius 3 is 2.53 bits per heavy atom. The summed E-state index contributed by atoms with van der Waals surface area (Å²) in [5.74, 6) is -3.10. The third-order valence-corrected chi connectivity index (χ3v) is 3.75. The Morgan fingerprint density at radius 2 is 2.05 bits per heavy atom. The molecule has 0 aliphatic carbocycles. The zero-order chi connectivity index (χ0) is 14.4. The van der Waals surface area contributed by atoms with E-state index in [1.54, 1.807) is 0 Å². The van der Waals surface area contributed by atoms with Crippen molar-refractivity contribution in [1.82, 2.24) is 0 Å². The van der Waals surface area contributed by atoms with E-state index in [4.69, 9.17) is 14.6 Å². The number of rotatable bonds is 8. The molecule has 0 aliphatic heterocycles. The Balaban J connectivity index is 2.69. The van der Waals surface area contributed by atoms with Crippen LogP contribution in [0.4, 0.5) is 0 Å². The molecule has 2 atom stereocenters. The van der Waals surface area contributed by atoms with Gasteiger partial charge in [-0.05, 0) is 19.1 Å². The predicted octanol–water partition coefficient (Wildman–Crippen LogP) is 1.76. The summed E-state index contributed by atoms with van der Waals surface area (Å²) in [4.78, 5) is 33.5. The van der Waals surface area contributed by atoms with Crippen molar-refractivity contribution in [2.45, 2.75) is 18.6 Å². The summed E-state index contributed by atoms with van der Waals surface area (Å²) >= 11 is 1.03. The lowest BCUT2D eigenvalue weighted by Crippen LogP contribution is -2.23. The first-order valence-corrected chi connectivity index (χ1v) is 6.60. The van der Waals surface area contributed by atoms with E-state index in [2.05, 4.69) is 0 Å². The Bertz CT molecular complexity index is 453. The third-order valence-electron chi connectivity index (χ3n) is 2.45. The number of Topliss-reactive ketones (excluding diaryl/α,β-unsaturated/α-hetero) is 1. The fourth-order valence-corrected chi connectivity index (χ4v) is 2.32. The van der Waals surface area contributed by atoms with Crippen LogP contribution in [0.25, 0.3) is 0 Å². The van der Waals surface area contributed by atoms with E-state index in [-0.39, 0.29) is 17.9 Å². The maximum Gasteiger partial charge on any atom is 0.316 e. The Labute approximate surface area is 113 Å². The number of carbonyl (C=O) groups is 3. The highest BCUT2D eigenvalue weighted by molar-refractivity contribution is 8.00. The van der Waals surface area contributed by atoms with Crippen LogP contribution < -0.4 is 0 Å². The minimum Gasteiger partial charge on any atom is -0.481 e. The average Bonchev–Trinajstić information content (AvgIpc) is 2.86. The standard InChI is InChI=1S/C12H14O6S/c1-7(12(16)17)19-6-8(5-10(13)14)11(15)9-3-2-4-18-9/h2-4,7-8H,5-6H2,1H3,(H,13,14)(H,16,17). The largest absolute Gasteiger partial charge is 0.481 e. The number of carboxylic acids is 2. The first-order chi connectivity index (χ1) is 8.91. The van der Waals surface area contributed by atoms with E-state index in [1.165, 1.54) is 25.3 Å². The van der Waals surface area contributed by atoms with Gasteiger partial charge >= 0.3 is 11.9 Å². The highest BCUT2D eigenvalue weighted by Gasteiger charge is 2.26. The van der Waals surface area contributed by atoms with Crippen LogP contribution in [0.5, 0.6) is 0 Å². The highest BCUT2D eigenvalue weighted by atomic mass is 32.2. The lowest BCUT2D eigenvalue weighted by Gasteiger charge is -2.13. The van der Waals surface area contributed by atoms with Gasteiger partial charge in [-0.2, -0.15) is 0 Å². The zero-order valence-corrected chi connectivity index (χ0v) is 11.1. The number of carbonyl (C=O) groups excluding carboxylic acids is 1. The van der Waals surface area contributed by atoms with Crippen molar-refractivity contribution in [2.24, 2.45) is 5.92 Å². The van der Waals surface area contributed by atoms with E-state index in [9.17, 15) is 14.4 Å². The summed E-state index contributed by atoms with van der Waals surface area (Å²) in [6.45, 7) is 1.49. The predicted molar refractivity (Wildman–Crippen MR) is 68.3 cm³/mol. The molecule has 0 bridgehead atoms. The molecule has 0 saturated carbocycles. The minimum atomic E-state index is -1.10. The van der Waals surface area contributed by atoms with Gasteiger partial charge in [-0.3, -0.25) is 14.4 Å². The lowest BCUT2D eigenvalue weighted by atomic mass is 10.0. The van der Waals surface area contributed by atoms with Gasteiger partial charge in [0.25, 0.3) is 0 Å². The van der Waals surface area contributed by atoms with Crippen LogP contribution >= 0.6 is 11.8 Å². The fourth-order valence-electron chi connectivity index (χ4n) is 1.39. The van der Waals surface area contributed by atoms with Crippen LogP contribution in [0.3, 0.4) is 0 Å². The first kappa shape index (κ1) is 15.3. The molecule has 104 valence electrons. The fraction of sp³-hybridized carbons (Fsp3) is 0.417.